The fraction of sp³-hybridized carbons (Fsp3) is 0.316. The van der Waals surface area contributed by atoms with E-state index in [4.69, 9.17) is 4.74 Å². The van der Waals surface area contributed by atoms with Gasteiger partial charge in [-0.3, -0.25) is 10.1 Å². The van der Waals surface area contributed by atoms with Gasteiger partial charge in [-0.1, -0.05) is 19.1 Å². The summed E-state index contributed by atoms with van der Waals surface area (Å²) in [6.07, 6.45) is 0.589. The van der Waals surface area contributed by atoms with Crippen molar-refractivity contribution >= 4 is 28.9 Å². The predicted octanol–water partition coefficient (Wildman–Crippen LogP) is 3.29. The third-order valence-electron chi connectivity index (χ3n) is 4.49. The molecule has 3 rings (SSSR count). The zero-order valence-corrected chi connectivity index (χ0v) is 15.3. The number of imidazole rings is 1. The first-order valence-electron chi connectivity index (χ1n) is 8.58. The molecule has 7 nitrogen and oxygen atoms in total. The monoisotopic (exact) mass is 354 g/mol. The molecular weight excluding hydrogens is 332 g/mol. The Morgan fingerprint density at radius 2 is 2.00 bits per heavy atom. The van der Waals surface area contributed by atoms with Crippen LogP contribution in [0.5, 0.6) is 0 Å². The van der Waals surface area contributed by atoms with Gasteiger partial charge in [-0.05, 0) is 38.0 Å². The van der Waals surface area contributed by atoms with E-state index in [-0.39, 0.29) is 5.91 Å². The molecule has 1 aromatic carbocycles. The molecule has 0 aliphatic heterocycles. The van der Waals surface area contributed by atoms with Crippen LogP contribution in [0.4, 0.5) is 5.95 Å². The van der Waals surface area contributed by atoms with Crippen LogP contribution in [0.1, 0.15) is 46.0 Å². The molecule has 7 heteroatoms. The SMILES string of the molecule is CCc1[nH]c(C(=O)Nc2nc3ccccc3n2CC)c(C)c1C(=O)OC. The average molecular weight is 354 g/mol. The molecule has 1 amide bonds. The molecule has 0 radical (unpaired) electrons. The lowest BCUT2D eigenvalue weighted by Gasteiger charge is -2.07. The minimum atomic E-state index is -0.449. The first-order valence-corrected chi connectivity index (χ1v) is 8.58. The summed E-state index contributed by atoms with van der Waals surface area (Å²) < 4.78 is 6.78. The molecule has 0 bridgehead atoms. The van der Waals surface area contributed by atoms with E-state index >= 15 is 0 Å². The maximum absolute atomic E-state index is 12.8. The summed E-state index contributed by atoms with van der Waals surface area (Å²) in [5, 5.41) is 2.86. The van der Waals surface area contributed by atoms with E-state index in [1.807, 2.05) is 42.7 Å². The maximum atomic E-state index is 12.8. The Morgan fingerprint density at radius 1 is 1.27 bits per heavy atom. The molecule has 0 fully saturated rings. The number of benzene rings is 1. The number of fused-ring (bicyclic) bond motifs is 1. The van der Waals surface area contributed by atoms with Crippen molar-refractivity contribution in [2.75, 3.05) is 12.4 Å². The fourth-order valence-electron chi connectivity index (χ4n) is 3.18. The number of carbonyl (C=O) groups is 2. The highest BCUT2D eigenvalue weighted by Crippen LogP contribution is 2.23. The largest absolute Gasteiger partial charge is 0.465 e. The molecule has 0 saturated carbocycles. The number of amides is 1. The molecule has 3 aromatic rings. The van der Waals surface area contributed by atoms with Gasteiger partial charge in [-0.2, -0.15) is 0 Å². The van der Waals surface area contributed by atoms with Crippen molar-refractivity contribution in [3.63, 3.8) is 0 Å². The number of hydrogen-bond donors (Lipinski definition) is 2. The van der Waals surface area contributed by atoms with E-state index in [0.717, 1.165) is 11.0 Å². The first-order chi connectivity index (χ1) is 12.5. The molecule has 2 heterocycles. The summed E-state index contributed by atoms with van der Waals surface area (Å²) in [5.41, 5.74) is 3.80. The molecular formula is C19H22N4O3. The van der Waals surface area contributed by atoms with Gasteiger partial charge in [-0.25, -0.2) is 9.78 Å². The third kappa shape index (κ3) is 2.85. The van der Waals surface area contributed by atoms with Gasteiger partial charge >= 0.3 is 5.97 Å². The number of methoxy groups -OCH3 is 1. The van der Waals surface area contributed by atoms with Crippen LogP contribution in [0.2, 0.25) is 0 Å². The Morgan fingerprint density at radius 3 is 2.65 bits per heavy atom. The van der Waals surface area contributed by atoms with Crippen molar-refractivity contribution in [1.29, 1.82) is 0 Å². The smallest absolute Gasteiger partial charge is 0.339 e. The molecule has 0 aliphatic carbocycles. The molecule has 26 heavy (non-hydrogen) atoms. The van der Waals surface area contributed by atoms with Crippen LogP contribution in [0.15, 0.2) is 24.3 Å². The Bertz CT molecular complexity index is 984. The van der Waals surface area contributed by atoms with E-state index < -0.39 is 5.97 Å². The van der Waals surface area contributed by atoms with Gasteiger partial charge in [0, 0.05) is 12.2 Å². The van der Waals surface area contributed by atoms with Gasteiger partial charge in [0.25, 0.3) is 5.91 Å². The number of anilines is 1. The molecule has 2 aromatic heterocycles. The second-order valence-electron chi connectivity index (χ2n) is 5.95. The van der Waals surface area contributed by atoms with Crippen LogP contribution in [0, 0.1) is 6.92 Å². The van der Waals surface area contributed by atoms with Gasteiger partial charge in [0.2, 0.25) is 5.95 Å². The zero-order valence-electron chi connectivity index (χ0n) is 15.3. The summed E-state index contributed by atoms with van der Waals surface area (Å²) in [5.74, 6) is -0.307. The normalized spacial score (nSPS) is 10.9. The fourth-order valence-corrected chi connectivity index (χ4v) is 3.18. The maximum Gasteiger partial charge on any atom is 0.339 e. The van der Waals surface area contributed by atoms with Gasteiger partial charge < -0.3 is 14.3 Å². The Kier molecular flexibility index (Phi) is 4.79. The molecule has 0 saturated heterocycles. The lowest BCUT2D eigenvalue weighted by Crippen LogP contribution is -2.17. The molecule has 0 spiro atoms. The van der Waals surface area contributed by atoms with Gasteiger partial charge in [0.05, 0.1) is 23.7 Å². The highest BCUT2D eigenvalue weighted by Gasteiger charge is 2.24. The number of esters is 1. The number of nitrogens with one attached hydrogen (secondary N) is 2. The molecule has 0 unspecified atom stereocenters. The molecule has 0 aliphatic rings. The number of H-pyrrole nitrogens is 1. The van der Waals surface area contributed by atoms with Crippen LogP contribution in [-0.2, 0) is 17.7 Å². The number of nitrogens with zero attached hydrogens (tertiary/aromatic N) is 2. The minimum absolute atomic E-state index is 0.336. The number of rotatable bonds is 5. The molecule has 136 valence electrons. The standard InChI is InChI=1S/C19H22N4O3/c1-5-12-15(18(25)26-4)11(3)16(20-12)17(24)22-19-21-13-9-7-8-10-14(13)23(19)6-2/h7-10,20H,5-6H2,1-4H3,(H,21,22,24). The van der Waals surface area contributed by atoms with Crippen molar-refractivity contribution in [3.05, 3.63) is 46.8 Å². The van der Waals surface area contributed by atoms with E-state index in [9.17, 15) is 9.59 Å². The summed E-state index contributed by atoms with van der Waals surface area (Å²) in [6, 6.07) is 7.72. The van der Waals surface area contributed by atoms with Crippen molar-refractivity contribution in [3.8, 4) is 0 Å². The zero-order chi connectivity index (χ0) is 18.8. The number of carbonyl (C=O) groups excluding carboxylic acids is 2. The Labute approximate surface area is 151 Å². The minimum Gasteiger partial charge on any atom is -0.465 e. The van der Waals surface area contributed by atoms with E-state index in [1.165, 1.54) is 7.11 Å². The average Bonchev–Trinajstić information content (AvgIpc) is 3.17. The second kappa shape index (κ2) is 7.03. The summed E-state index contributed by atoms with van der Waals surface area (Å²) >= 11 is 0. The molecule has 0 atom stereocenters. The van der Waals surface area contributed by atoms with Crippen molar-refractivity contribution in [1.82, 2.24) is 14.5 Å². The number of ether oxygens (including phenoxy) is 1. The van der Waals surface area contributed by atoms with Crippen molar-refractivity contribution < 1.29 is 14.3 Å². The summed E-state index contributed by atoms with van der Waals surface area (Å²) in [6.45, 7) is 6.32. The van der Waals surface area contributed by atoms with Gasteiger partial charge in [-0.15, -0.1) is 0 Å². The lowest BCUT2D eigenvalue weighted by atomic mass is 10.1. The van der Waals surface area contributed by atoms with Crippen molar-refractivity contribution in [2.45, 2.75) is 33.7 Å². The molecule has 2 N–H and O–H groups in total. The van der Waals surface area contributed by atoms with E-state index in [1.54, 1.807) is 6.92 Å². The van der Waals surface area contributed by atoms with Crippen LogP contribution >= 0.6 is 0 Å². The van der Waals surface area contributed by atoms with Gasteiger partial charge in [0.15, 0.2) is 0 Å². The van der Waals surface area contributed by atoms with Crippen LogP contribution in [-0.4, -0.2) is 33.5 Å². The second-order valence-corrected chi connectivity index (χ2v) is 5.95. The quantitative estimate of drug-likeness (QED) is 0.688. The number of aryl methyl sites for hydroxylation is 2. The number of para-hydroxylation sites is 2. The third-order valence-corrected chi connectivity index (χ3v) is 4.49. The number of aromatic amines is 1. The highest BCUT2D eigenvalue weighted by molar-refractivity contribution is 6.06. The predicted molar refractivity (Wildman–Crippen MR) is 99.6 cm³/mol. The Balaban J connectivity index is 1.99. The summed E-state index contributed by atoms with van der Waals surface area (Å²) in [4.78, 5) is 32.4. The van der Waals surface area contributed by atoms with Crippen LogP contribution in [0.3, 0.4) is 0 Å². The lowest BCUT2D eigenvalue weighted by molar-refractivity contribution is 0.0599. The van der Waals surface area contributed by atoms with E-state index in [2.05, 4.69) is 15.3 Å². The number of aromatic nitrogens is 3. The highest BCUT2D eigenvalue weighted by atomic mass is 16.5. The van der Waals surface area contributed by atoms with E-state index in [0.29, 0.717) is 41.4 Å². The van der Waals surface area contributed by atoms with Crippen LogP contribution < -0.4 is 5.32 Å². The first kappa shape index (κ1) is 17.7. The Hall–Kier alpha value is -3.09. The summed E-state index contributed by atoms with van der Waals surface area (Å²) in [7, 11) is 1.33. The topological polar surface area (TPSA) is 89.0 Å². The van der Waals surface area contributed by atoms with Gasteiger partial charge in [0.1, 0.15) is 5.69 Å². The van der Waals surface area contributed by atoms with Crippen LogP contribution in [0.25, 0.3) is 11.0 Å². The number of hydrogen-bond acceptors (Lipinski definition) is 4. The van der Waals surface area contributed by atoms with Crippen molar-refractivity contribution in [2.24, 2.45) is 0 Å².